The molecule has 0 aromatic heterocycles. The second kappa shape index (κ2) is 7.98. The molecule has 0 bridgehead atoms. The number of benzene rings is 2. The van der Waals surface area contributed by atoms with Gasteiger partial charge in [-0.1, -0.05) is 35.3 Å². The van der Waals surface area contributed by atoms with Crippen LogP contribution in [0.1, 0.15) is 40.4 Å². The van der Waals surface area contributed by atoms with Crippen LogP contribution in [0.2, 0.25) is 10.0 Å². The molecule has 136 valence electrons. The maximum atomic E-state index is 12.6. The minimum Gasteiger partial charge on any atom is -0.482 e. The molecule has 1 aliphatic carbocycles. The fourth-order valence-electron chi connectivity index (χ4n) is 3.12. The molecule has 0 saturated carbocycles. The van der Waals surface area contributed by atoms with Crippen LogP contribution in [0.4, 0.5) is 0 Å². The van der Waals surface area contributed by atoms with E-state index in [9.17, 15) is 9.59 Å². The van der Waals surface area contributed by atoms with Gasteiger partial charge in [-0.05, 0) is 54.7 Å². The number of carboxylic acid groups (broad SMARTS) is 1. The van der Waals surface area contributed by atoms with Crippen LogP contribution in [0.15, 0.2) is 36.4 Å². The maximum Gasteiger partial charge on any atom is 0.341 e. The molecule has 0 fully saturated rings. The summed E-state index contributed by atoms with van der Waals surface area (Å²) >= 11 is 11.9. The molecule has 2 aromatic carbocycles. The quantitative estimate of drug-likeness (QED) is 0.795. The minimum atomic E-state index is -1.03. The van der Waals surface area contributed by atoms with E-state index in [0.717, 1.165) is 30.4 Å². The van der Waals surface area contributed by atoms with Crippen LogP contribution in [0.25, 0.3) is 0 Å². The predicted molar refractivity (Wildman–Crippen MR) is 99.2 cm³/mol. The number of hydrogen-bond donors (Lipinski definition) is 2. The van der Waals surface area contributed by atoms with Crippen molar-refractivity contribution in [2.45, 2.75) is 25.3 Å². The van der Waals surface area contributed by atoms with Gasteiger partial charge in [0.1, 0.15) is 5.75 Å². The van der Waals surface area contributed by atoms with Gasteiger partial charge in [-0.25, -0.2) is 4.79 Å². The van der Waals surface area contributed by atoms with E-state index in [1.165, 1.54) is 6.07 Å². The zero-order valence-electron chi connectivity index (χ0n) is 13.8. The second-order valence-electron chi connectivity index (χ2n) is 6.05. The molecule has 3 rings (SSSR count). The van der Waals surface area contributed by atoms with Crippen molar-refractivity contribution in [1.29, 1.82) is 0 Å². The first-order valence-corrected chi connectivity index (χ1v) is 8.93. The molecule has 1 amide bonds. The van der Waals surface area contributed by atoms with Gasteiger partial charge in [-0.2, -0.15) is 0 Å². The Morgan fingerprint density at radius 2 is 2.00 bits per heavy atom. The molecule has 2 aromatic rings. The molecule has 0 spiro atoms. The first kappa shape index (κ1) is 18.5. The Kier molecular flexibility index (Phi) is 5.69. The van der Waals surface area contributed by atoms with Crippen molar-refractivity contribution < 1.29 is 19.4 Å². The Morgan fingerprint density at radius 1 is 1.19 bits per heavy atom. The Hall–Kier alpha value is -2.24. The molecule has 26 heavy (non-hydrogen) atoms. The molecule has 0 saturated heterocycles. The fourth-order valence-corrected chi connectivity index (χ4v) is 3.42. The first-order chi connectivity index (χ1) is 12.5. The summed E-state index contributed by atoms with van der Waals surface area (Å²) in [5.74, 6) is -0.709. The summed E-state index contributed by atoms with van der Waals surface area (Å²) in [5, 5.41) is 12.6. The van der Waals surface area contributed by atoms with Crippen LogP contribution < -0.4 is 10.1 Å². The summed E-state index contributed by atoms with van der Waals surface area (Å²) in [7, 11) is 0. The van der Waals surface area contributed by atoms with Gasteiger partial charge >= 0.3 is 5.97 Å². The standard InChI is InChI=1S/C19H17Cl2NO4/c20-14-8-7-11(9-15(14)21)19(25)22-16-5-1-4-13-12(16)3-2-6-17(13)26-10-18(23)24/h2-3,6-9,16H,1,4-5,10H2,(H,22,25)(H,23,24). The van der Waals surface area contributed by atoms with E-state index in [4.69, 9.17) is 33.0 Å². The third kappa shape index (κ3) is 4.11. The SMILES string of the molecule is O=C(O)COc1cccc2c1CCCC2NC(=O)c1ccc(Cl)c(Cl)c1. The van der Waals surface area contributed by atoms with Crippen LogP contribution >= 0.6 is 23.2 Å². The van der Waals surface area contributed by atoms with E-state index < -0.39 is 12.6 Å². The van der Waals surface area contributed by atoms with Gasteiger partial charge in [0, 0.05) is 5.56 Å². The van der Waals surface area contributed by atoms with Crippen LogP contribution in [0, 0.1) is 0 Å². The lowest BCUT2D eigenvalue weighted by molar-refractivity contribution is -0.139. The van der Waals surface area contributed by atoms with Crippen molar-refractivity contribution in [2.75, 3.05) is 6.61 Å². The van der Waals surface area contributed by atoms with Crippen molar-refractivity contribution in [3.05, 3.63) is 63.1 Å². The van der Waals surface area contributed by atoms with E-state index in [2.05, 4.69) is 5.32 Å². The number of halogens is 2. The van der Waals surface area contributed by atoms with Gasteiger partial charge in [0.15, 0.2) is 6.61 Å². The fraction of sp³-hybridized carbons (Fsp3) is 0.263. The van der Waals surface area contributed by atoms with Gasteiger partial charge in [0.2, 0.25) is 0 Å². The molecular formula is C19H17Cl2NO4. The van der Waals surface area contributed by atoms with Crippen LogP contribution in [0.5, 0.6) is 5.75 Å². The molecule has 1 unspecified atom stereocenters. The average molecular weight is 394 g/mol. The van der Waals surface area contributed by atoms with Gasteiger partial charge in [-0.15, -0.1) is 0 Å². The number of rotatable bonds is 5. The molecule has 0 heterocycles. The summed E-state index contributed by atoms with van der Waals surface area (Å²) in [6.45, 7) is -0.392. The lowest BCUT2D eigenvalue weighted by atomic mass is 9.87. The molecular weight excluding hydrogens is 377 g/mol. The number of aliphatic carboxylic acids is 1. The summed E-state index contributed by atoms with van der Waals surface area (Å²) < 4.78 is 5.39. The molecule has 1 aliphatic rings. The number of hydrogen-bond acceptors (Lipinski definition) is 3. The minimum absolute atomic E-state index is 0.172. The highest BCUT2D eigenvalue weighted by Gasteiger charge is 2.25. The Morgan fingerprint density at radius 3 is 2.73 bits per heavy atom. The third-order valence-corrected chi connectivity index (χ3v) is 5.04. The number of amides is 1. The monoisotopic (exact) mass is 393 g/mol. The number of carbonyl (C=O) groups excluding carboxylic acids is 1. The van der Waals surface area contributed by atoms with Crippen molar-refractivity contribution in [2.24, 2.45) is 0 Å². The van der Waals surface area contributed by atoms with Gasteiger partial charge in [-0.3, -0.25) is 4.79 Å². The summed E-state index contributed by atoms with van der Waals surface area (Å²) in [6, 6.07) is 10.1. The summed E-state index contributed by atoms with van der Waals surface area (Å²) in [4.78, 5) is 23.3. The van der Waals surface area contributed by atoms with Crippen LogP contribution in [-0.2, 0) is 11.2 Å². The molecule has 2 N–H and O–H groups in total. The summed E-state index contributed by atoms with van der Waals surface area (Å²) in [5.41, 5.74) is 2.33. The van der Waals surface area contributed by atoms with E-state index >= 15 is 0 Å². The largest absolute Gasteiger partial charge is 0.482 e. The highest BCUT2D eigenvalue weighted by atomic mass is 35.5. The zero-order valence-corrected chi connectivity index (χ0v) is 15.3. The summed E-state index contributed by atoms with van der Waals surface area (Å²) in [6.07, 6.45) is 2.44. The molecule has 0 aliphatic heterocycles. The lowest BCUT2D eigenvalue weighted by Crippen LogP contribution is -2.31. The number of ether oxygens (including phenoxy) is 1. The number of fused-ring (bicyclic) bond motifs is 1. The predicted octanol–water partition coefficient (Wildman–Crippen LogP) is 4.26. The van der Waals surface area contributed by atoms with Crippen LogP contribution in [0.3, 0.4) is 0 Å². The molecule has 0 radical (unpaired) electrons. The Bertz CT molecular complexity index is 853. The topological polar surface area (TPSA) is 75.6 Å². The van der Waals surface area contributed by atoms with E-state index in [0.29, 0.717) is 21.4 Å². The van der Waals surface area contributed by atoms with Crippen molar-refractivity contribution >= 4 is 35.1 Å². The highest BCUT2D eigenvalue weighted by molar-refractivity contribution is 6.42. The van der Waals surface area contributed by atoms with Crippen LogP contribution in [-0.4, -0.2) is 23.6 Å². The average Bonchev–Trinajstić information content (AvgIpc) is 2.62. The molecule has 5 nitrogen and oxygen atoms in total. The lowest BCUT2D eigenvalue weighted by Gasteiger charge is -2.28. The van der Waals surface area contributed by atoms with Gasteiger partial charge in [0.25, 0.3) is 5.91 Å². The van der Waals surface area contributed by atoms with Crippen molar-refractivity contribution in [3.8, 4) is 5.75 Å². The number of carbonyl (C=O) groups is 2. The number of carboxylic acids is 1. The maximum absolute atomic E-state index is 12.6. The normalized spacial score (nSPS) is 15.8. The van der Waals surface area contributed by atoms with Crippen molar-refractivity contribution in [3.63, 3.8) is 0 Å². The van der Waals surface area contributed by atoms with Gasteiger partial charge in [0.05, 0.1) is 16.1 Å². The van der Waals surface area contributed by atoms with Gasteiger partial charge < -0.3 is 15.2 Å². The molecule has 7 heteroatoms. The smallest absolute Gasteiger partial charge is 0.341 e. The third-order valence-electron chi connectivity index (χ3n) is 4.30. The zero-order chi connectivity index (χ0) is 18.7. The van der Waals surface area contributed by atoms with E-state index in [1.807, 2.05) is 6.07 Å². The molecule has 1 atom stereocenters. The second-order valence-corrected chi connectivity index (χ2v) is 6.87. The Labute approximate surface area is 160 Å². The highest BCUT2D eigenvalue weighted by Crippen LogP contribution is 2.35. The van der Waals surface area contributed by atoms with E-state index in [-0.39, 0.29) is 11.9 Å². The number of nitrogens with one attached hydrogen (secondary N) is 1. The Balaban J connectivity index is 1.81. The van der Waals surface area contributed by atoms with Crippen molar-refractivity contribution in [1.82, 2.24) is 5.32 Å². The van der Waals surface area contributed by atoms with E-state index in [1.54, 1.807) is 24.3 Å². The first-order valence-electron chi connectivity index (χ1n) is 8.18.